The lowest BCUT2D eigenvalue weighted by molar-refractivity contribution is -0.137. The lowest BCUT2D eigenvalue weighted by Gasteiger charge is -2.22. The van der Waals surface area contributed by atoms with E-state index >= 15 is 0 Å². The second-order valence-electron chi connectivity index (χ2n) is 7.24. The lowest BCUT2D eigenvalue weighted by Crippen LogP contribution is -2.19. The minimum atomic E-state index is -4.28. The van der Waals surface area contributed by atoms with Crippen LogP contribution in [0.25, 0.3) is 15.7 Å². The largest absolute Gasteiger partial charge is 0.416 e. The van der Waals surface area contributed by atoms with Gasteiger partial charge in [-0.05, 0) is 79.9 Å². The first-order valence-electron chi connectivity index (χ1n) is 8.32. The molecule has 0 amide bonds. The van der Waals surface area contributed by atoms with Crippen molar-refractivity contribution in [2.24, 2.45) is 11.8 Å². The number of rotatable bonds is 3. The molecule has 4 rings (SSSR count). The highest BCUT2D eigenvalue weighted by molar-refractivity contribution is 7.20. The van der Waals surface area contributed by atoms with Crippen LogP contribution < -0.4 is 0 Å². The van der Waals surface area contributed by atoms with Gasteiger partial charge in [-0.1, -0.05) is 6.07 Å². The first-order chi connectivity index (χ1) is 11.3. The van der Waals surface area contributed by atoms with Crippen LogP contribution in [0.4, 0.5) is 13.2 Å². The third-order valence-electron chi connectivity index (χ3n) is 5.28. The van der Waals surface area contributed by atoms with Gasteiger partial charge in [-0.15, -0.1) is 11.3 Å². The predicted octanol–water partition coefficient (Wildman–Crippen LogP) is 5.67. The molecule has 2 aliphatic rings. The molecule has 0 aliphatic heterocycles. The van der Waals surface area contributed by atoms with E-state index in [0.717, 1.165) is 16.6 Å². The number of nitrogens with zero attached hydrogens (tertiary/aromatic N) is 1. The molecule has 2 unspecified atom stereocenters. The number of benzene rings is 1. The maximum Gasteiger partial charge on any atom is 0.416 e. The van der Waals surface area contributed by atoms with Crippen LogP contribution >= 0.6 is 11.3 Å². The number of hydrogen-bond acceptors (Lipinski definition) is 2. The highest BCUT2D eigenvalue weighted by Crippen LogP contribution is 2.54. The fourth-order valence-electron chi connectivity index (χ4n) is 4.30. The Labute approximate surface area is 143 Å². The van der Waals surface area contributed by atoms with Gasteiger partial charge in [0.2, 0.25) is 0 Å². The van der Waals surface area contributed by atoms with E-state index < -0.39 is 11.7 Å². The Morgan fingerprint density at radius 1 is 1.12 bits per heavy atom. The maximum atomic E-state index is 12.9. The summed E-state index contributed by atoms with van der Waals surface area (Å²) in [6, 6.07) is 6.18. The zero-order valence-corrected chi connectivity index (χ0v) is 14.6. The molecule has 5 heteroatoms. The van der Waals surface area contributed by atoms with Crippen molar-refractivity contribution >= 4 is 27.0 Å². The van der Waals surface area contributed by atoms with Gasteiger partial charge in [0.05, 0.1) is 5.56 Å². The van der Waals surface area contributed by atoms with Crippen LogP contribution in [0.3, 0.4) is 0 Å². The van der Waals surface area contributed by atoms with Crippen molar-refractivity contribution in [3.8, 4) is 0 Å². The smallest absolute Gasteiger partial charge is 0.305 e. The molecule has 2 aliphatic carbocycles. The number of allylic oxidation sites excluding steroid dienone is 1. The van der Waals surface area contributed by atoms with Crippen molar-refractivity contribution in [3.63, 3.8) is 0 Å². The van der Waals surface area contributed by atoms with Crippen LogP contribution in [0, 0.1) is 11.8 Å². The SMILES string of the molecule is CN(C)CC1=C(c2cc3ccc(C(F)(F)F)cc3s2)C2CCC1C2. The monoisotopic (exact) mass is 351 g/mol. The van der Waals surface area contributed by atoms with Crippen molar-refractivity contribution in [2.45, 2.75) is 25.4 Å². The van der Waals surface area contributed by atoms with Gasteiger partial charge in [-0.2, -0.15) is 13.2 Å². The Hall–Kier alpha value is -1.33. The quantitative estimate of drug-likeness (QED) is 0.689. The summed E-state index contributed by atoms with van der Waals surface area (Å²) in [4.78, 5) is 3.37. The van der Waals surface area contributed by atoms with Gasteiger partial charge in [0, 0.05) is 16.1 Å². The Balaban J connectivity index is 1.79. The zero-order chi connectivity index (χ0) is 17.1. The summed E-state index contributed by atoms with van der Waals surface area (Å²) >= 11 is 1.52. The normalized spacial score (nSPS) is 23.9. The highest BCUT2D eigenvalue weighted by Gasteiger charge is 2.40. The standard InChI is InChI=1S/C19H20F3NS/c1-23(2)10-15-11-3-4-13(7-11)18(15)17-8-12-5-6-14(19(20,21)22)9-16(12)24-17/h5-6,8-9,11,13H,3-4,7,10H2,1-2H3. The zero-order valence-electron chi connectivity index (χ0n) is 13.8. The molecule has 2 atom stereocenters. The van der Waals surface area contributed by atoms with Crippen LogP contribution in [-0.4, -0.2) is 25.5 Å². The van der Waals surface area contributed by atoms with Crippen LogP contribution in [0.2, 0.25) is 0 Å². The number of hydrogen-bond donors (Lipinski definition) is 0. The fourth-order valence-corrected chi connectivity index (χ4v) is 5.56. The third kappa shape index (κ3) is 2.68. The molecule has 1 aromatic carbocycles. The Morgan fingerprint density at radius 2 is 1.88 bits per heavy atom. The summed E-state index contributed by atoms with van der Waals surface area (Å²) in [7, 11) is 4.16. The Kier molecular flexibility index (Phi) is 3.77. The highest BCUT2D eigenvalue weighted by atomic mass is 32.1. The topological polar surface area (TPSA) is 3.24 Å². The van der Waals surface area contributed by atoms with Crippen molar-refractivity contribution < 1.29 is 13.2 Å². The van der Waals surface area contributed by atoms with Crippen molar-refractivity contribution in [1.29, 1.82) is 0 Å². The van der Waals surface area contributed by atoms with Gasteiger partial charge in [-0.25, -0.2) is 0 Å². The molecule has 1 nitrogen and oxygen atoms in total. The van der Waals surface area contributed by atoms with E-state index in [-0.39, 0.29) is 0 Å². The molecule has 1 saturated carbocycles. The first-order valence-corrected chi connectivity index (χ1v) is 9.13. The molecule has 2 aromatic rings. The molecular weight excluding hydrogens is 331 g/mol. The maximum absolute atomic E-state index is 12.9. The summed E-state index contributed by atoms with van der Waals surface area (Å²) in [5.41, 5.74) is 2.38. The van der Waals surface area contributed by atoms with Crippen LogP contribution in [0.15, 0.2) is 29.8 Å². The molecule has 128 valence electrons. The van der Waals surface area contributed by atoms with Crippen molar-refractivity contribution in [1.82, 2.24) is 4.90 Å². The third-order valence-corrected chi connectivity index (χ3v) is 6.41. The number of thiophene rings is 1. The molecular formula is C19H20F3NS. The van der Waals surface area contributed by atoms with Gasteiger partial charge in [-0.3, -0.25) is 0 Å². The van der Waals surface area contributed by atoms with E-state index in [0.29, 0.717) is 11.8 Å². The molecule has 0 N–H and O–H groups in total. The number of likely N-dealkylation sites (N-methyl/N-ethyl adjacent to an activating group) is 1. The molecule has 24 heavy (non-hydrogen) atoms. The van der Waals surface area contributed by atoms with E-state index in [4.69, 9.17) is 0 Å². The van der Waals surface area contributed by atoms with Crippen LogP contribution in [0.5, 0.6) is 0 Å². The minimum absolute atomic E-state index is 0.557. The van der Waals surface area contributed by atoms with Gasteiger partial charge in [0.15, 0.2) is 0 Å². The number of fused-ring (bicyclic) bond motifs is 3. The molecule has 2 bridgehead atoms. The summed E-state index contributed by atoms with van der Waals surface area (Å²) in [5.74, 6) is 1.27. The summed E-state index contributed by atoms with van der Waals surface area (Å²) in [6.45, 7) is 0.957. The molecule has 0 saturated heterocycles. The lowest BCUT2D eigenvalue weighted by atomic mass is 9.90. The molecule has 1 heterocycles. The van der Waals surface area contributed by atoms with E-state index in [1.165, 1.54) is 58.8 Å². The Bertz CT molecular complexity index is 816. The fraction of sp³-hybridized carbons (Fsp3) is 0.474. The average molecular weight is 351 g/mol. The molecule has 0 spiro atoms. The van der Waals surface area contributed by atoms with Gasteiger partial charge >= 0.3 is 6.18 Å². The summed E-state index contributed by atoms with van der Waals surface area (Å²) < 4.78 is 39.6. The van der Waals surface area contributed by atoms with Crippen LogP contribution in [-0.2, 0) is 6.18 Å². The summed E-state index contributed by atoms with van der Waals surface area (Å²) in [5, 5.41) is 0.919. The molecule has 0 radical (unpaired) electrons. The van der Waals surface area contributed by atoms with E-state index in [1.54, 1.807) is 6.07 Å². The first kappa shape index (κ1) is 16.2. The Morgan fingerprint density at radius 3 is 2.58 bits per heavy atom. The van der Waals surface area contributed by atoms with Gasteiger partial charge in [0.25, 0.3) is 0 Å². The second kappa shape index (κ2) is 5.60. The number of halogens is 3. The molecule has 1 aromatic heterocycles. The number of alkyl halides is 3. The molecule has 1 fully saturated rings. The summed E-state index contributed by atoms with van der Waals surface area (Å²) in [6.07, 6.45) is -0.569. The average Bonchev–Trinajstić information content (AvgIpc) is 3.18. The van der Waals surface area contributed by atoms with Crippen molar-refractivity contribution in [3.05, 3.63) is 40.3 Å². The minimum Gasteiger partial charge on any atom is -0.305 e. The van der Waals surface area contributed by atoms with Gasteiger partial charge < -0.3 is 4.90 Å². The van der Waals surface area contributed by atoms with Gasteiger partial charge in [0.1, 0.15) is 0 Å². The van der Waals surface area contributed by atoms with Crippen molar-refractivity contribution in [2.75, 3.05) is 20.6 Å². The van der Waals surface area contributed by atoms with Crippen LogP contribution in [0.1, 0.15) is 29.7 Å². The van der Waals surface area contributed by atoms with E-state index in [9.17, 15) is 13.2 Å². The predicted molar refractivity (Wildman–Crippen MR) is 93.1 cm³/mol. The van der Waals surface area contributed by atoms with E-state index in [1.807, 2.05) is 0 Å². The second-order valence-corrected chi connectivity index (χ2v) is 8.33. The van der Waals surface area contributed by atoms with E-state index in [2.05, 4.69) is 25.1 Å².